The zero-order valence-electron chi connectivity index (χ0n) is 9.17. The van der Waals surface area contributed by atoms with E-state index in [4.69, 9.17) is 11.6 Å². The average Bonchev–Trinajstić information content (AvgIpc) is 2.26. The minimum absolute atomic E-state index is 0.0281. The molecule has 2 nitrogen and oxygen atoms in total. The topological polar surface area (TPSA) is 29.1 Å². The van der Waals surface area contributed by atoms with E-state index < -0.39 is 0 Å². The van der Waals surface area contributed by atoms with E-state index in [1.54, 1.807) is 0 Å². The number of benzene rings is 1. The number of amides is 1. The fourth-order valence-corrected chi connectivity index (χ4v) is 1.95. The monoisotopic (exact) mass is 303 g/mol. The Morgan fingerprint density at radius 2 is 2.31 bits per heavy atom. The fourth-order valence-electron chi connectivity index (χ4n) is 1.40. The second-order valence-electron chi connectivity index (χ2n) is 3.64. The number of halogens is 2. The molecule has 1 aromatic rings. The van der Waals surface area contributed by atoms with E-state index in [0.29, 0.717) is 12.3 Å². The van der Waals surface area contributed by atoms with Crippen molar-refractivity contribution < 1.29 is 4.79 Å². The largest absolute Gasteiger partial charge is 0.350 e. The van der Waals surface area contributed by atoms with Gasteiger partial charge in [0.15, 0.2) is 0 Å². The summed E-state index contributed by atoms with van der Waals surface area (Å²) in [6.07, 6.45) is 1.21. The molecular weight excluding hydrogens is 289 g/mol. The molecule has 0 heterocycles. The van der Waals surface area contributed by atoms with E-state index in [-0.39, 0.29) is 11.9 Å². The van der Waals surface area contributed by atoms with E-state index in [2.05, 4.69) is 21.2 Å². The minimum Gasteiger partial charge on any atom is -0.350 e. The Labute approximate surface area is 110 Å². The van der Waals surface area contributed by atoms with Crippen LogP contribution in [0.1, 0.15) is 31.4 Å². The first-order chi connectivity index (χ1) is 7.63. The van der Waals surface area contributed by atoms with E-state index in [9.17, 15) is 4.79 Å². The zero-order valence-corrected chi connectivity index (χ0v) is 11.5. The summed E-state index contributed by atoms with van der Waals surface area (Å²) in [7, 11) is 0. The summed E-state index contributed by atoms with van der Waals surface area (Å²) in [5.41, 5.74) is 1.09. The highest BCUT2D eigenvalue weighted by atomic mass is 79.9. The molecular formula is C12H15BrClNO. The van der Waals surface area contributed by atoms with Gasteiger partial charge >= 0.3 is 0 Å². The van der Waals surface area contributed by atoms with Crippen LogP contribution in [0.5, 0.6) is 0 Å². The number of nitrogens with one attached hydrogen (secondary N) is 1. The molecule has 1 atom stereocenters. The van der Waals surface area contributed by atoms with Gasteiger partial charge in [0.1, 0.15) is 0 Å². The molecule has 0 saturated heterocycles. The summed E-state index contributed by atoms with van der Waals surface area (Å²) in [4.78, 5) is 11.5. The molecule has 4 heteroatoms. The minimum atomic E-state index is 0.0281. The predicted octanol–water partition coefficient (Wildman–Crippen LogP) is 3.65. The van der Waals surface area contributed by atoms with Crippen LogP contribution in [0.2, 0.25) is 0 Å². The van der Waals surface area contributed by atoms with Crippen molar-refractivity contribution in [3.05, 3.63) is 34.3 Å². The maximum atomic E-state index is 11.5. The number of hydrogen-bond acceptors (Lipinski definition) is 1. The molecule has 0 spiro atoms. The first-order valence-corrected chi connectivity index (χ1v) is 6.57. The zero-order chi connectivity index (χ0) is 12.0. The van der Waals surface area contributed by atoms with Crippen molar-refractivity contribution in [1.29, 1.82) is 0 Å². The molecule has 0 aliphatic carbocycles. The van der Waals surface area contributed by atoms with Gasteiger partial charge in [0.25, 0.3) is 0 Å². The molecule has 0 saturated carbocycles. The van der Waals surface area contributed by atoms with Crippen molar-refractivity contribution in [3.8, 4) is 0 Å². The molecule has 16 heavy (non-hydrogen) atoms. The van der Waals surface area contributed by atoms with Gasteiger partial charge < -0.3 is 5.32 Å². The lowest BCUT2D eigenvalue weighted by molar-refractivity contribution is -0.121. The Bertz CT molecular complexity index is 357. The van der Waals surface area contributed by atoms with E-state index in [0.717, 1.165) is 16.5 Å². The van der Waals surface area contributed by atoms with Crippen molar-refractivity contribution in [2.45, 2.75) is 25.8 Å². The van der Waals surface area contributed by atoms with Gasteiger partial charge in [0.05, 0.1) is 6.04 Å². The molecule has 1 amide bonds. The molecule has 0 aromatic heterocycles. The van der Waals surface area contributed by atoms with Crippen LogP contribution in [0.25, 0.3) is 0 Å². The first kappa shape index (κ1) is 13.5. The molecule has 88 valence electrons. The average molecular weight is 305 g/mol. The lowest BCUT2D eigenvalue weighted by atomic mass is 10.1. The van der Waals surface area contributed by atoms with Crippen molar-refractivity contribution in [1.82, 2.24) is 5.32 Å². The normalized spacial score (nSPS) is 12.2. The highest BCUT2D eigenvalue weighted by Gasteiger charge is 2.08. The van der Waals surface area contributed by atoms with Crippen molar-refractivity contribution in [3.63, 3.8) is 0 Å². The van der Waals surface area contributed by atoms with Crippen molar-refractivity contribution in [2.24, 2.45) is 0 Å². The number of hydrogen-bond donors (Lipinski definition) is 1. The van der Waals surface area contributed by atoms with Crippen LogP contribution in [-0.2, 0) is 4.79 Å². The third kappa shape index (κ3) is 4.54. The highest BCUT2D eigenvalue weighted by molar-refractivity contribution is 9.10. The molecule has 0 radical (unpaired) electrons. The fraction of sp³-hybridized carbons (Fsp3) is 0.417. The Balaban J connectivity index is 2.52. The Hall–Kier alpha value is -0.540. The highest BCUT2D eigenvalue weighted by Crippen LogP contribution is 2.17. The molecule has 0 aliphatic heterocycles. The van der Waals surface area contributed by atoms with Gasteiger partial charge in [-0.05, 0) is 31.0 Å². The first-order valence-electron chi connectivity index (χ1n) is 5.24. The lowest BCUT2D eigenvalue weighted by Gasteiger charge is -2.14. The Morgan fingerprint density at radius 3 is 2.94 bits per heavy atom. The Morgan fingerprint density at radius 1 is 1.56 bits per heavy atom. The standard InChI is InChI=1S/C12H15BrClNO/c1-9(15-12(16)6-3-7-14)10-4-2-5-11(13)8-10/h2,4-5,8-9H,3,6-7H2,1H3,(H,15,16)/t9-/m1/s1. The predicted molar refractivity (Wildman–Crippen MR) is 70.7 cm³/mol. The maximum Gasteiger partial charge on any atom is 0.220 e. The van der Waals surface area contributed by atoms with Crippen molar-refractivity contribution >= 4 is 33.4 Å². The molecule has 1 rings (SSSR count). The number of alkyl halides is 1. The second kappa shape index (κ2) is 6.92. The molecule has 0 unspecified atom stereocenters. The molecule has 1 aromatic carbocycles. The Kier molecular flexibility index (Phi) is 5.85. The quantitative estimate of drug-likeness (QED) is 0.827. The van der Waals surface area contributed by atoms with Gasteiger partial charge in [0, 0.05) is 16.8 Å². The van der Waals surface area contributed by atoms with Crippen LogP contribution in [0.3, 0.4) is 0 Å². The van der Waals surface area contributed by atoms with E-state index in [1.165, 1.54) is 0 Å². The molecule has 0 bridgehead atoms. The summed E-state index contributed by atoms with van der Waals surface area (Å²) < 4.78 is 1.02. The summed E-state index contributed by atoms with van der Waals surface area (Å²) in [6.45, 7) is 1.97. The van der Waals surface area contributed by atoms with Gasteiger partial charge in [-0.15, -0.1) is 11.6 Å². The number of carbonyl (C=O) groups excluding carboxylic acids is 1. The third-order valence-corrected chi connectivity index (χ3v) is 3.02. The summed E-state index contributed by atoms with van der Waals surface area (Å²) in [5, 5.41) is 2.94. The van der Waals surface area contributed by atoms with Gasteiger partial charge in [-0.1, -0.05) is 28.1 Å². The molecule has 0 aliphatic rings. The van der Waals surface area contributed by atoms with Crippen LogP contribution in [0, 0.1) is 0 Å². The second-order valence-corrected chi connectivity index (χ2v) is 4.93. The van der Waals surface area contributed by atoms with E-state index >= 15 is 0 Å². The summed E-state index contributed by atoms with van der Waals surface area (Å²) in [6, 6.07) is 7.95. The van der Waals surface area contributed by atoms with Crippen LogP contribution >= 0.6 is 27.5 Å². The van der Waals surface area contributed by atoms with Crippen LogP contribution in [-0.4, -0.2) is 11.8 Å². The smallest absolute Gasteiger partial charge is 0.220 e. The van der Waals surface area contributed by atoms with Crippen LogP contribution in [0.15, 0.2) is 28.7 Å². The van der Waals surface area contributed by atoms with Gasteiger partial charge in [-0.25, -0.2) is 0 Å². The lowest BCUT2D eigenvalue weighted by Crippen LogP contribution is -2.26. The van der Waals surface area contributed by atoms with Gasteiger partial charge in [0.2, 0.25) is 5.91 Å². The maximum absolute atomic E-state index is 11.5. The summed E-state index contributed by atoms with van der Waals surface area (Å²) in [5.74, 6) is 0.576. The van der Waals surface area contributed by atoms with Gasteiger partial charge in [-0.3, -0.25) is 4.79 Å². The number of rotatable bonds is 5. The SMILES string of the molecule is C[C@@H](NC(=O)CCCCl)c1cccc(Br)c1. The van der Waals surface area contributed by atoms with Crippen molar-refractivity contribution in [2.75, 3.05) is 5.88 Å². The molecule has 1 N–H and O–H groups in total. The summed E-state index contributed by atoms with van der Waals surface area (Å²) >= 11 is 8.94. The van der Waals surface area contributed by atoms with E-state index in [1.807, 2.05) is 31.2 Å². The van der Waals surface area contributed by atoms with Crippen LogP contribution < -0.4 is 5.32 Å². The number of carbonyl (C=O) groups is 1. The third-order valence-electron chi connectivity index (χ3n) is 2.26. The van der Waals surface area contributed by atoms with Gasteiger partial charge in [-0.2, -0.15) is 0 Å². The van der Waals surface area contributed by atoms with Crippen LogP contribution in [0.4, 0.5) is 0 Å². The molecule has 0 fully saturated rings.